The van der Waals surface area contributed by atoms with Gasteiger partial charge in [0.2, 0.25) is 5.95 Å². The highest BCUT2D eigenvalue weighted by molar-refractivity contribution is 5.82. The van der Waals surface area contributed by atoms with Gasteiger partial charge in [-0.25, -0.2) is 0 Å². The first-order valence-corrected chi connectivity index (χ1v) is 9.76. The van der Waals surface area contributed by atoms with E-state index in [1.165, 1.54) is 0 Å². The molecule has 1 atom stereocenters. The molecular formula is C20H19F6N5O. The first-order valence-electron chi connectivity index (χ1n) is 9.76. The highest BCUT2D eigenvalue weighted by Crippen LogP contribution is 2.40. The summed E-state index contributed by atoms with van der Waals surface area (Å²) in [6.45, 7) is 1.49. The van der Waals surface area contributed by atoms with Crippen molar-refractivity contribution in [3.63, 3.8) is 0 Å². The zero-order valence-corrected chi connectivity index (χ0v) is 16.8. The zero-order chi connectivity index (χ0) is 23.3. The number of likely N-dealkylation sites (N-methyl/N-ethyl adjacent to an activating group) is 1. The number of nitrogens with one attached hydrogen (secondary N) is 1. The Bertz CT molecular complexity index is 1140. The summed E-state index contributed by atoms with van der Waals surface area (Å²) in [4.78, 5) is 2.04. The van der Waals surface area contributed by atoms with Gasteiger partial charge in [-0.05, 0) is 56.8 Å². The minimum atomic E-state index is -4.73. The van der Waals surface area contributed by atoms with E-state index in [9.17, 15) is 31.4 Å². The predicted molar refractivity (Wildman–Crippen MR) is 104 cm³/mol. The second-order valence-electron chi connectivity index (χ2n) is 7.79. The molecule has 0 aliphatic carbocycles. The molecular weight excluding hydrogens is 440 g/mol. The maximum absolute atomic E-state index is 13.7. The monoisotopic (exact) mass is 459 g/mol. The molecule has 1 aliphatic heterocycles. The third kappa shape index (κ3) is 4.18. The number of hydrogen-bond donors (Lipinski definition) is 2. The normalized spacial score (nSPS) is 18.3. The van der Waals surface area contributed by atoms with Gasteiger partial charge in [-0.15, -0.1) is 10.2 Å². The van der Waals surface area contributed by atoms with E-state index in [1.54, 1.807) is 0 Å². The number of halogens is 6. The lowest BCUT2D eigenvalue weighted by molar-refractivity contribution is -0.142. The Kier molecular flexibility index (Phi) is 5.43. The molecule has 0 saturated carbocycles. The molecule has 1 aromatic carbocycles. The third-order valence-corrected chi connectivity index (χ3v) is 5.42. The molecule has 2 aromatic heterocycles. The van der Waals surface area contributed by atoms with Crippen molar-refractivity contribution in [1.29, 1.82) is 0 Å². The fourth-order valence-corrected chi connectivity index (χ4v) is 3.93. The van der Waals surface area contributed by atoms with E-state index in [0.717, 1.165) is 48.1 Å². The number of rotatable bonds is 3. The molecule has 0 radical (unpaired) electrons. The standard InChI is InChI=1S/C20H19F6N5O/c1-30-8-2-3-12(10-30)27-18-29-28-17-14(6-7-16(31(17)18)20(24,25)26)13-5-4-11(9-15(13)32)19(21,22)23/h4-7,9,12,32H,2-3,8,10H2,1H3,(H,27,29)/t12-/m1/s1. The van der Waals surface area contributed by atoms with E-state index in [1.807, 2.05) is 11.9 Å². The molecule has 2 N–H and O–H groups in total. The van der Waals surface area contributed by atoms with Crippen LogP contribution in [0, 0.1) is 0 Å². The second kappa shape index (κ2) is 7.84. The van der Waals surface area contributed by atoms with Gasteiger partial charge in [0.1, 0.15) is 11.4 Å². The van der Waals surface area contributed by atoms with Crippen LogP contribution in [0.15, 0.2) is 30.3 Å². The molecule has 6 nitrogen and oxygen atoms in total. The Balaban J connectivity index is 1.83. The molecule has 32 heavy (non-hydrogen) atoms. The molecule has 0 unspecified atom stereocenters. The Morgan fingerprint density at radius 1 is 1.00 bits per heavy atom. The molecule has 3 heterocycles. The Morgan fingerprint density at radius 3 is 2.34 bits per heavy atom. The number of aromatic hydroxyl groups is 1. The smallest absolute Gasteiger partial charge is 0.431 e. The lowest BCUT2D eigenvalue weighted by atomic mass is 10.0. The zero-order valence-electron chi connectivity index (χ0n) is 16.8. The van der Waals surface area contributed by atoms with Crippen LogP contribution in [0.2, 0.25) is 0 Å². The van der Waals surface area contributed by atoms with Crippen LogP contribution in [-0.4, -0.2) is 50.8 Å². The number of benzene rings is 1. The molecule has 0 bridgehead atoms. The van der Waals surface area contributed by atoms with Crippen LogP contribution in [0.1, 0.15) is 24.1 Å². The van der Waals surface area contributed by atoms with E-state index < -0.39 is 29.4 Å². The summed E-state index contributed by atoms with van der Waals surface area (Å²) in [7, 11) is 1.91. The minimum Gasteiger partial charge on any atom is -0.507 e. The summed E-state index contributed by atoms with van der Waals surface area (Å²) >= 11 is 0. The van der Waals surface area contributed by atoms with Crippen molar-refractivity contribution in [3.8, 4) is 16.9 Å². The molecule has 12 heteroatoms. The largest absolute Gasteiger partial charge is 0.507 e. The highest BCUT2D eigenvalue weighted by atomic mass is 19.4. The molecule has 172 valence electrons. The van der Waals surface area contributed by atoms with Crippen LogP contribution in [0.25, 0.3) is 16.8 Å². The van der Waals surface area contributed by atoms with Gasteiger partial charge in [-0.3, -0.25) is 4.40 Å². The fraction of sp³-hybridized carbons (Fsp3) is 0.400. The maximum atomic E-state index is 13.7. The van der Waals surface area contributed by atoms with Crippen molar-refractivity contribution in [2.45, 2.75) is 31.2 Å². The van der Waals surface area contributed by atoms with Gasteiger partial charge in [0, 0.05) is 23.7 Å². The Morgan fingerprint density at radius 2 is 1.72 bits per heavy atom. The molecule has 4 rings (SSSR count). The number of pyridine rings is 1. The molecule has 1 saturated heterocycles. The molecule has 1 aliphatic rings. The summed E-state index contributed by atoms with van der Waals surface area (Å²) < 4.78 is 80.7. The van der Waals surface area contributed by atoms with Crippen molar-refractivity contribution in [2.24, 2.45) is 0 Å². The maximum Gasteiger partial charge on any atom is 0.431 e. The van der Waals surface area contributed by atoms with Gasteiger partial charge in [-0.2, -0.15) is 26.3 Å². The number of anilines is 1. The van der Waals surface area contributed by atoms with Crippen molar-refractivity contribution >= 4 is 11.6 Å². The Hall–Kier alpha value is -3.02. The first kappa shape index (κ1) is 22.2. The lowest BCUT2D eigenvalue weighted by Crippen LogP contribution is -2.40. The van der Waals surface area contributed by atoms with E-state index in [-0.39, 0.29) is 28.8 Å². The molecule has 1 fully saturated rings. The quantitative estimate of drug-likeness (QED) is 0.559. The van der Waals surface area contributed by atoms with Crippen molar-refractivity contribution in [3.05, 3.63) is 41.6 Å². The lowest BCUT2D eigenvalue weighted by Gasteiger charge is -2.30. The second-order valence-corrected chi connectivity index (χ2v) is 7.79. The number of nitrogens with zero attached hydrogens (tertiary/aromatic N) is 4. The van der Waals surface area contributed by atoms with Crippen LogP contribution in [0.4, 0.5) is 32.3 Å². The average Bonchev–Trinajstić information content (AvgIpc) is 3.09. The predicted octanol–water partition coefficient (Wildman–Crippen LogP) is 4.65. The summed E-state index contributed by atoms with van der Waals surface area (Å²) in [6, 6.07) is 3.98. The Labute approximate surface area is 178 Å². The van der Waals surface area contributed by atoms with Crippen molar-refractivity contribution < 1.29 is 31.4 Å². The first-order chi connectivity index (χ1) is 14.9. The van der Waals surface area contributed by atoms with Gasteiger partial charge in [-0.1, -0.05) is 0 Å². The summed E-state index contributed by atoms with van der Waals surface area (Å²) in [6.07, 6.45) is -7.81. The number of piperidine rings is 1. The van der Waals surface area contributed by atoms with E-state index in [2.05, 4.69) is 15.5 Å². The van der Waals surface area contributed by atoms with Crippen LogP contribution in [-0.2, 0) is 12.4 Å². The van der Waals surface area contributed by atoms with E-state index >= 15 is 0 Å². The summed E-state index contributed by atoms with van der Waals surface area (Å²) in [5.74, 6) is -0.853. The number of likely N-dealkylation sites (tertiary alicyclic amines) is 1. The number of alkyl halides is 6. The van der Waals surface area contributed by atoms with Gasteiger partial charge in [0.15, 0.2) is 5.65 Å². The molecule has 3 aromatic rings. The number of aromatic nitrogens is 3. The molecule has 0 spiro atoms. The van der Waals surface area contributed by atoms with Crippen LogP contribution >= 0.6 is 0 Å². The SMILES string of the molecule is CN1CCC[C@@H](Nc2nnc3c(-c4ccc(C(F)(F)F)cc4O)ccc(C(F)(F)F)n23)C1. The highest BCUT2D eigenvalue weighted by Gasteiger charge is 2.36. The number of phenolic OH excluding ortho intramolecular Hbond substituents is 1. The number of phenols is 1. The van der Waals surface area contributed by atoms with Gasteiger partial charge >= 0.3 is 12.4 Å². The van der Waals surface area contributed by atoms with E-state index in [0.29, 0.717) is 12.6 Å². The average molecular weight is 459 g/mol. The van der Waals surface area contributed by atoms with Crippen LogP contribution in [0.5, 0.6) is 5.75 Å². The van der Waals surface area contributed by atoms with Crippen LogP contribution in [0.3, 0.4) is 0 Å². The van der Waals surface area contributed by atoms with Crippen LogP contribution < -0.4 is 5.32 Å². The summed E-state index contributed by atoms with van der Waals surface area (Å²) in [5.41, 5.74) is -2.42. The summed E-state index contributed by atoms with van der Waals surface area (Å²) in [5, 5.41) is 21.0. The topological polar surface area (TPSA) is 65.7 Å². The fourth-order valence-electron chi connectivity index (χ4n) is 3.93. The van der Waals surface area contributed by atoms with Gasteiger partial charge < -0.3 is 15.3 Å². The van der Waals surface area contributed by atoms with Gasteiger partial charge in [0.25, 0.3) is 0 Å². The number of fused-ring (bicyclic) bond motifs is 1. The molecule has 0 amide bonds. The van der Waals surface area contributed by atoms with Crippen molar-refractivity contribution in [1.82, 2.24) is 19.5 Å². The minimum absolute atomic E-state index is 0.0190. The third-order valence-electron chi connectivity index (χ3n) is 5.42. The van der Waals surface area contributed by atoms with Gasteiger partial charge in [0.05, 0.1) is 5.56 Å². The number of hydrogen-bond acceptors (Lipinski definition) is 5. The van der Waals surface area contributed by atoms with E-state index in [4.69, 9.17) is 0 Å². The van der Waals surface area contributed by atoms with Crippen molar-refractivity contribution in [2.75, 3.05) is 25.5 Å².